The van der Waals surface area contributed by atoms with Gasteiger partial charge in [0.05, 0.1) is 11.6 Å². The van der Waals surface area contributed by atoms with Crippen molar-refractivity contribution in [3.05, 3.63) is 42.1 Å². The van der Waals surface area contributed by atoms with E-state index in [9.17, 15) is 9.59 Å². The van der Waals surface area contributed by atoms with Crippen LogP contribution in [0.4, 0.5) is 0 Å². The van der Waals surface area contributed by atoms with Gasteiger partial charge in [-0.1, -0.05) is 30.3 Å². The maximum atomic E-state index is 12.0. The Bertz CT molecular complexity index is 660. The molecule has 1 aliphatic carbocycles. The van der Waals surface area contributed by atoms with Gasteiger partial charge in [-0.15, -0.1) is 0 Å². The number of nitrogens with zero attached hydrogens (tertiary/aromatic N) is 1. The number of rotatable bonds is 4. The van der Waals surface area contributed by atoms with Gasteiger partial charge in [0.25, 0.3) is 5.91 Å². The minimum Gasteiger partial charge on any atom is -0.481 e. The molecule has 0 spiro atoms. The van der Waals surface area contributed by atoms with Crippen LogP contribution < -0.4 is 5.32 Å². The Labute approximate surface area is 121 Å². The maximum absolute atomic E-state index is 12.0. The highest BCUT2D eigenvalue weighted by Gasteiger charge is 2.35. The molecule has 3 N–H and O–H groups in total. The average molecular weight is 285 g/mol. The molecule has 6 heteroatoms. The quantitative estimate of drug-likeness (QED) is 0.796. The summed E-state index contributed by atoms with van der Waals surface area (Å²) in [7, 11) is 0. The van der Waals surface area contributed by atoms with E-state index in [4.69, 9.17) is 5.11 Å². The zero-order valence-electron chi connectivity index (χ0n) is 11.2. The number of carbonyl (C=O) groups is 2. The first-order valence-corrected chi connectivity index (χ1v) is 6.78. The molecule has 1 fully saturated rings. The smallest absolute Gasteiger partial charge is 0.306 e. The molecule has 0 bridgehead atoms. The van der Waals surface area contributed by atoms with Crippen LogP contribution in [0.15, 0.2) is 36.4 Å². The standard InChI is InChI=1S/C15H15N3O3/c19-14(16-11-6-10(7-11)15(20)21)13-8-12(17-18-13)9-4-2-1-3-5-9/h1-5,8,10-11H,6-7H2,(H,16,19)(H,17,18)(H,20,21). The van der Waals surface area contributed by atoms with Crippen LogP contribution in [0.2, 0.25) is 0 Å². The Balaban J connectivity index is 1.62. The van der Waals surface area contributed by atoms with Crippen LogP contribution in [0.5, 0.6) is 0 Å². The van der Waals surface area contributed by atoms with Crippen molar-refractivity contribution < 1.29 is 14.7 Å². The van der Waals surface area contributed by atoms with E-state index in [0.717, 1.165) is 5.56 Å². The van der Waals surface area contributed by atoms with Gasteiger partial charge in [0.15, 0.2) is 0 Å². The molecule has 6 nitrogen and oxygen atoms in total. The summed E-state index contributed by atoms with van der Waals surface area (Å²) in [5, 5.41) is 18.4. The molecule has 2 aromatic rings. The van der Waals surface area contributed by atoms with E-state index < -0.39 is 5.97 Å². The van der Waals surface area contributed by atoms with Crippen LogP contribution in [0.3, 0.4) is 0 Å². The van der Waals surface area contributed by atoms with Crippen molar-refractivity contribution in [1.29, 1.82) is 0 Å². The van der Waals surface area contributed by atoms with Crippen LogP contribution >= 0.6 is 0 Å². The lowest BCUT2D eigenvalue weighted by Crippen LogP contribution is -2.46. The average Bonchev–Trinajstić information content (AvgIpc) is 2.92. The predicted octanol–water partition coefficient (Wildman–Crippen LogP) is 1.67. The fourth-order valence-corrected chi connectivity index (χ4v) is 2.40. The molecular weight excluding hydrogens is 270 g/mol. The van der Waals surface area contributed by atoms with E-state index in [1.54, 1.807) is 6.07 Å². The number of aliphatic carboxylic acids is 1. The van der Waals surface area contributed by atoms with Gasteiger partial charge >= 0.3 is 5.97 Å². The Kier molecular flexibility index (Phi) is 3.43. The second kappa shape index (κ2) is 5.40. The third kappa shape index (κ3) is 2.79. The predicted molar refractivity (Wildman–Crippen MR) is 75.6 cm³/mol. The number of benzene rings is 1. The Morgan fingerprint density at radius 1 is 1.24 bits per heavy atom. The monoisotopic (exact) mass is 285 g/mol. The molecule has 1 amide bonds. The molecule has 1 saturated carbocycles. The van der Waals surface area contributed by atoms with E-state index in [-0.39, 0.29) is 17.9 Å². The van der Waals surface area contributed by atoms with Crippen LogP contribution in [0.25, 0.3) is 11.3 Å². The zero-order chi connectivity index (χ0) is 14.8. The number of hydrogen-bond donors (Lipinski definition) is 3. The highest BCUT2D eigenvalue weighted by atomic mass is 16.4. The third-order valence-electron chi connectivity index (χ3n) is 3.71. The molecule has 0 atom stereocenters. The molecule has 0 saturated heterocycles. The van der Waals surface area contributed by atoms with Gasteiger partial charge in [-0.25, -0.2) is 0 Å². The fourth-order valence-electron chi connectivity index (χ4n) is 2.40. The van der Waals surface area contributed by atoms with Gasteiger partial charge in [-0.2, -0.15) is 5.10 Å². The van der Waals surface area contributed by atoms with Crippen molar-refractivity contribution >= 4 is 11.9 Å². The number of hydrogen-bond acceptors (Lipinski definition) is 3. The lowest BCUT2D eigenvalue weighted by atomic mass is 9.80. The molecule has 0 unspecified atom stereocenters. The van der Waals surface area contributed by atoms with Gasteiger partial charge in [0, 0.05) is 11.6 Å². The van der Waals surface area contributed by atoms with E-state index in [1.165, 1.54) is 0 Å². The number of aromatic nitrogens is 2. The summed E-state index contributed by atoms with van der Waals surface area (Å²) in [6, 6.07) is 11.2. The fraction of sp³-hybridized carbons (Fsp3) is 0.267. The summed E-state index contributed by atoms with van der Waals surface area (Å²) >= 11 is 0. The molecule has 3 rings (SSSR count). The lowest BCUT2D eigenvalue weighted by Gasteiger charge is -2.32. The molecule has 21 heavy (non-hydrogen) atoms. The Morgan fingerprint density at radius 3 is 2.62 bits per heavy atom. The largest absolute Gasteiger partial charge is 0.481 e. The number of carboxylic acid groups (broad SMARTS) is 1. The first-order chi connectivity index (χ1) is 10.1. The molecule has 1 heterocycles. The molecule has 108 valence electrons. The number of carboxylic acids is 1. The molecule has 1 aromatic heterocycles. The van der Waals surface area contributed by atoms with Gasteiger partial charge in [0.1, 0.15) is 5.69 Å². The Hall–Kier alpha value is -2.63. The maximum Gasteiger partial charge on any atom is 0.306 e. The second-order valence-corrected chi connectivity index (χ2v) is 5.21. The van der Waals surface area contributed by atoms with E-state index in [0.29, 0.717) is 24.2 Å². The van der Waals surface area contributed by atoms with Crippen molar-refractivity contribution in [2.24, 2.45) is 5.92 Å². The summed E-state index contributed by atoms with van der Waals surface area (Å²) in [6.45, 7) is 0. The topological polar surface area (TPSA) is 95.1 Å². The first-order valence-electron chi connectivity index (χ1n) is 6.78. The molecular formula is C15H15N3O3. The number of H-pyrrole nitrogens is 1. The number of amides is 1. The SMILES string of the molecule is O=C(NC1CC(C(=O)O)C1)c1cc(-c2ccccc2)n[nH]1. The number of nitrogens with one attached hydrogen (secondary N) is 2. The normalized spacial score (nSPS) is 20.6. The first kappa shape index (κ1) is 13.4. The van der Waals surface area contributed by atoms with E-state index in [2.05, 4.69) is 15.5 Å². The van der Waals surface area contributed by atoms with Crippen LogP contribution in [0, 0.1) is 5.92 Å². The van der Waals surface area contributed by atoms with Gasteiger partial charge in [-0.05, 0) is 18.9 Å². The minimum absolute atomic E-state index is 0.0675. The number of aromatic amines is 1. The lowest BCUT2D eigenvalue weighted by molar-refractivity contribution is -0.145. The van der Waals surface area contributed by atoms with E-state index in [1.807, 2.05) is 30.3 Å². The zero-order valence-corrected chi connectivity index (χ0v) is 11.2. The molecule has 1 aliphatic rings. The van der Waals surface area contributed by atoms with Crippen molar-refractivity contribution in [2.75, 3.05) is 0 Å². The van der Waals surface area contributed by atoms with Gasteiger partial charge in [-0.3, -0.25) is 14.7 Å². The summed E-state index contributed by atoms with van der Waals surface area (Å²) in [6.07, 6.45) is 0.974. The third-order valence-corrected chi connectivity index (χ3v) is 3.71. The van der Waals surface area contributed by atoms with Crippen molar-refractivity contribution in [3.63, 3.8) is 0 Å². The summed E-state index contributed by atoms with van der Waals surface area (Å²) in [5.41, 5.74) is 2.02. The van der Waals surface area contributed by atoms with Gasteiger partial charge < -0.3 is 10.4 Å². The second-order valence-electron chi connectivity index (χ2n) is 5.21. The molecule has 0 aliphatic heterocycles. The molecule has 0 radical (unpaired) electrons. The molecule has 1 aromatic carbocycles. The van der Waals surface area contributed by atoms with Crippen LogP contribution in [-0.4, -0.2) is 33.2 Å². The summed E-state index contributed by atoms with van der Waals surface area (Å²) < 4.78 is 0. The van der Waals surface area contributed by atoms with E-state index >= 15 is 0 Å². The van der Waals surface area contributed by atoms with Crippen LogP contribution in [-0.2, 0) is 4.79 Å². The van der Waals surface area contributed by atoms with Crippen LogP contribution in [0.1, 0.15) is 23.3 Å². The highest BCUT2D eigenvalue weighted by Crippen LogP contribution is 2.27. The van der Waals surface area contributed by atoms with Crippen molar-refractivity contribution in [3.8, 4) is 11.3 Å². The highest BCUT2D eigenvalue weighted by molar-refractivity contribution is 5.93. The Morgan fingerprint density at radius 2 is 1.95 bits per heavy atom. The van der Waals surface area contributed by atoms with Gasteiger partial charge in [0.2, 0.25) is 0 Å². The summed E-state index contributed by atoms with van der Waals surface area (Å²) in [5.74, 6) is -1.39. The van der Waals surface area contributed by atoms with Crippen molar-refractivity contribution in [1.82, 2.24) is 15.5 Å². The van der Waals surface area contributed by atoms with Crippen molar-refractivity contribution in [2.45, 2.75) is 18.9 Å². The minimum atomic E-state index is -0.798. The summed E-state index contributed by atoms with van der Waals surface area (Å²) in [4.78, 5) is 22.8. The number of carbonyl (C=O) groups excluding carboxylic acids is 1.